The van der Waals surface area contributed by atoms with Gasteiger partial charge < -0.3 is 12.0 Å². The summed E-state index contributed by atoms with van der Waals surface area (Å²) in [5, 5.41) is 7.71. The fraction of sp³-hybridized carbons (Fsp3) is 0.778. The molecular formula is C9H19NaO5S. The van der Waals surface area contributed by atoms with Crippen molar-refractivity contribution in [3.8, 4) is 0 Å². The summed E-state index contributed by atoms with van der Waals surface area (Å²) in [4.78, 5) is 9.48. The minimum absolute atomic E-state index is 0. The van der Waals surface area contributed by atoms with Gasteiger partial charge in [0, 0.05) is 0 Å². The van der Waals surface area contributed by atoms with Gasteiger partial charge in [-0.25, -0.2) is 0 Å². The third-order valence-corrected chi connectivity index (χ3v) is 2.02. The fourth-order valence-electron chi connectivity index (χ4n) is 0.760. The predicted molar refractivity (Wildman–Crippen MR) is 58.2 cm³/mol. The molecule has 0 heterocycles. The van der Waals surface area contributed by atoms with E-state index in [1.165, 1.54) is 25.7 Å². The molecule has 0 atom stereocenters. The van der Waals surface area contributed by atoms with Crippen molar-refractivity contribution in [1.29, 1.82) is 0 Å². The van der Waals surface area contributed by atoms with E-state index in [0.29, 0.717) is 0 Å². The van der Waals surface area contributed by atoms with E-state index in [0.717, 1.165) is 6.42 Å². The third-order valence-electron chi connectivity index (χ3n) is 1.41. The molecule has 16 heavy (non-hydrogen) atoms. The predicted octanol–water partition coefficient (Wildman–Crippen LogP) is -1.25. The summed E-state index contributed by atoms with van der Waals surface area (Å²) in [6.45, 7) is 5.98. The monoisotopic (exact) mass is 262 g/mol. The van der Waals surface area contributed by atoms with Crippen LogP contribution in [0.4, 0.5) is 0 Å². The standard InChI is InChI=1S/C7H15.C2H4O5S.Na/c1-3-5-7-6-4-2;3-2(4)1-8(5,6)7;/h1,3-7H2,2H3;1H2,(H,3,4)(H,5,6,7);/q-1;;+1. The van der Waals surface area contributed by atoms with Crippen LogP contribution in [0.25, 0.3) is 0 Å². The summed E-state index contributed by atoms with van der Waals surface area (Å²) >= 11 is 0. The van der Waals surface area contributed by atoms with E-state index >= 15 is 0 Å². The van der Waals surface area contributed by atoms with E-state index < -0.39 is 21.8 Å². The summed E-state index contributed by atoms with van der Waals surface area (Å²) < 4.78 is 27.0. The molecule has 0 aliphatic rings. The molecule has 0 aromatic heterocycles. The molecule has 2 N–H and O–H groups in total. The van der Waals surface area contributed by atoms with E-state index in [-0.39, 0.29) is 29.6 Å². The molecule has 92 valence electrons. The smallest absolute Gasteiger partial charge is 0.480 e. The maximum Gasteiger partial charge on any atom is 1.00 e. The number of unbranched alkanes of at least 4 members (excludes halogenated alkanes) is 4. The van der Waals surface area contributed by atoms with Crippen molar-refractivity contribution in [3.63, 3.8) is 0 Å². The van der Waals surface area contributed by atoms with Gasteiger partial charge in [0.15, 0.2) is 5.75 Å². The molecule has 0 aromatic rings. The number of carbonyl (C=O) groups is 1. The van der Waals surface area contributed by atoms with Gasteiger partial charge in [0.2, 0.25) is 0 Å². The Balaban J connectivity index is -0.000000200. The zero-order chi connectivity index (χ0) is 12.3. The topological polar surface area (TPSA) is 91.7 Å². The number of hydrogen-bond acceptors (Lipinski definition) is 3. The summed E-state index contributed by atoms with van der Waals surface area (Å²) in [5.74, 6) is -2.79. The molecule has 0 rings (SSSR count). The van der Waals surface area contributed by atoms with Gasteiger partial charge in [0.05, 0.1) is 0 Å². The number of carboxylic acid groups (broad SMARTS) is 1. The normalized spacial score (nSPS) is 9.69. The van der Waals surface area contributed by atoms with Crippen molar-refractivity contribution in [1.82, 2.24) is 0 Å². The van der Waals surface area contributed by atoms with Gasteiger partial charge >= 0.3 is 35.5 Å². The van der Waals surface area contributed by atoms with Crippen molar-refractivity contribution < 1.29 is 52.4 Å². The maximum absolute atomic E-state index is 9.62. The van der Waals surface area contributed by atoms with Crippen LogP contribution < -0.4 is 29.6 Å². The van der Waals surface area contributed by atoms with E-state index in [1.807, 2.05) is 0 Å². The average molecular weight is 262 g/mol. The molecule has 0 unspecified atom stereocenters. The van der Waals surface area contributed by atoms with Gasteiger partial charge in [-0.3, -0.25) is 9.35 Å². The van der Waals surface area contributed by atoms with Crippen LogP contribution in [-0.2, 0) is 14.9 Å². The van der Waals surface area contributed by atoms with E-state index in [9.17, 15) is 13.2 Å². The second-order valence-electron chi connectivity index (χ2n) is 3.03. The SMILES string of the molecule is O=C(O)CS(=O)(=O)O.[CH2-]CCCCCC.[Na+]. The second-order valence-corrected chi connectivity index (χ2v) is 4.49. The maximum atomic E-state index is 9.62. The first-order valence-corrected chi connectivity index (χ1v) is 6.40. The second kappa shape index (κ2) is 13.4. The Labute approximate surface area is 120 Å². The van der Waals surface area contributed by atoms with Crippen molar-refractivity contribution in [3.05, 3.63) is 6.92 Å². The van der Waals surface area contributed by atoms with Crippen molar-refractivity contribution >= 4 is 16.1 Å². The van der Waals surface area contributed by atoms with Gasteiger partial charge in [-0.05, 0) is 0 Å². The van der Waals surface area contributed by atoms with E-state index in [2.05, 4.69) is 13.8 Å². The van der Waals surface area contributed by atoms with Crippen LogP contribution in [0.2, 0.25) is 0 Å². The van der Waals surface area contributed by atoms with Gasteiger partial charge in [0.25, 0.3) is 10.1 Å². The van der Waals surface area contributed by atoms with Crippen LogP contribution in [0.15, 0.2) is 0 Å². The van der Waals surface area contributed by atoms with Crippen LogP contribution in [0.3, 0.4) is 0 Å². The molecule has 0 saturated carbocycles. The van der Waals surface area contributed by atoms with Crippen LogP contribution in [0.1, 0.15) is 39.0 Å². The first kappa shape index (κ1) is 21.6. The Morgan fingerprint density at radius 3 is 1.94 bits per heavy atom. The van der Waals surface area contributed by atoms with Crippen LogP contribution >= 0.6 is 0 Å². The molecule has 5 nitrogen and oxygen atoms in total. The van der Waals surface area contributed by atoms with Crippen molar-refractivity contribution in [2.24, 2.45) is 0 Å². The average Bonchev–Trinajstić information content (AvgIpc) is 2.01. The van der Waals surface area contributed by atoms with Crippen LogP contribution in [0.5, 0.6) is 0 Å². The fourth-order valence-corrected chi connectivity index (χ4v) is 1.07. The molecule has 0 aliphatic heterocycles. The Morgan fingerprint density at radius 2 is 1.75 bits per heavy atom. The quantitative estimate of drug-likeness (QED) is 0.270. The zero-order valence-electron chi connectivity index (χ0n) is 9.98. The minimum atomic E-state index is -4.32. The summed E-state index contributed by atoms with van der Waals surface area (Å²) in [6, 6.07) is 0. The van der Waals surface area contributed by atoms with Crippen molar-refractivity contribution in [2.45, 2.75) is 39.0 Å². The molecular weight excluding hydrogens is 243 g/mol. The molecule has 0 aromatic carbocycles. The molecule has 0 bridgehead atoms. The molecule has 0 aliphatic carbocycles. The molecule has 7 heteroatoms. The molecule has 0 fully saturated rings. The van der Waals surface area contributed by atoms with Crippen LogP contribution in [0, 0.1) is 6.92 Å². The first-order chi connectivity index (χ1) is 6.83. The summed E-state index contributed by atoms with van der Waals surface area (Å²) in [6.07, 6.45) is 6.52. The van der Waals surface area contributed by atoms with Gasteiger partial charge in [-0.15, -0.1) is 0 Å². The number of aliphatic carboxylic acids is 1. The van der Waals surface area contributed by atoms with Crippen molar-refractivity contribution in [2.75, 3.05) is 5.75 Å². The Morgan fingerprint density at radius 1 is 1.25 bits per heavy atom. The van der Waals surface area contributed by atoms with Gasteiger partial charge in [-0.1, -0.05) is 32.6 Å². The summed E-state index contributed by atoms with van der Waals surface area (Å²) in [7, 11) is -4.32. The largest absolute Gasteiger partial charge is 1.00 e. The molecule has 0 spiro atoms. The number of hydrogen-bond donors (Lipinski definition) is 2. The van der Waals surface area contributed by atoms with Gasteiger partial charge in [0.1, 0.15) is 0 Å². The first-order valence-electron chi connectivity index (χ1n) is 4.79. The Kier molecular flexibility index (Phi) is 18.2. The zero-order valence-corrected chi connectivity index (χ0v) is 12.8. The van der Waals surface area contributed by atoms with Crippen LogP contribution in [-0.4, -0.2) is 29.8 Å². The molecule has 0 saturated heterocycles. The molecule has 0 amide bonds. The van der Waals surface area contributed by atoms with Gasteiger partial charge in [-0.2, -0.15) is 14.8 Å². The number of rotatable bonds is 6. The van der Waals surface area contributed by atoms with E-state index in [1.54, 1.807) is 0 Å². The Hall–Kier alpha value is 0.380. The van der Waals surface area contributed by atoms with E-state index in [4.69, 9.17) is 9.66 Å². The minimum Gasteiger partial charge on any atom is -0.480 e. The summed E-state index contributed by atoms with van der Waals surface area (Å²) in [5.41, 5.74) is 0. The third kappa shape index (κ3) is 29.3. The Bertz CT molecular complexity index is 247. The number of carboxylic acids is 1. The molecule has 0 radical (unpaired) electrons.